The van der Waals surface area contributed by atoms with Gasteiger partial charge in [0.15, 0.2) is 0 Å². The van der Waals surface area contributed by atoms with Crippen LogP contribution in [0.1, 0.15) is 0 Å². The van der Waals surface area contributed by atoms with Gasteiger partial charge in [-0.15, -0.1) is 0 Å². The van der Waals surface area contributed by atoms with Gasteiger partial charge in [-0.05, 0) is 0 Å². The van der Waals surface area contributed by atoms with Crippen LogP contribution in [0, 0.1) is 0 Å². The summed E-state index contributed by atoms with van der Waals surface area (Å²) < 4.78 is 9.82. The molecule has 0 aliphatic rings. The van der Waals surface area contributed by atoms with E-state index in [1.807, 2.05) is 0 Å². The number of hydrogen-bond donors (Lipinski definition) is 2. The number of rotatable bonds is 7. The molecule has 0 amide bonds. The van der Waals surface area contributed by atoms with Crippen molar-refractivity contribution in [3.8, 4) is 0 Å². The molecule has 0 saturated heterocycles. The van der Waals surface area contributed by atoms with Gasteiger partial charge in [0.05, 0.1) is 19.5 Å². The van der Waals surface area contributed by atoms with Crippen molar-refractivity contribution in [1.82, 2.24) is 0 Å². The number of hydrogen-bond acceptors (Lipinski definition) is 3. The maximum absolute atomic E-state index is 8.97. The average molecular weight is 162 g/mol. The zero-order valence-electron chi connectivity index (χ0n) is 6.66. The van der Waals surface area contributed by atoms with Crippen molar-refractivity contribution in [1.29, 1.82) is 0 Å². The lowest BCUT2D eigenvalue weighted by atomic mass is 10.4. The van der Waals surface area contributed by atoms with Gasteiger partial charge in [-0.25, -0.2) is 0 Å². The Morgan fingerprint density at radius 3 is 2.82 bits per heavy atom. The van der Waals surface area contributed by atoms with Gasteiger partial charge in [0, 0.05) is 0 Å². The first-order chi connectivity index (χ1) is 5.31. The number of ether oxygens (including phenoxy) is 2. The molecule has 0 aliphatic carbocycles. The number of aliphatic hydroxyl groups is 1. The fourth-order valence-electron chi connectivity index (χ4n) is 0.493. The van der Waals surface area contributed by atoms with Crippen LogP contribution in [0.2, 0.25) is 0 Å². The Balaban J connectivity index is 2.95. The Morgan fingerprint density at radius 2 is 2.27 bits per heavy atom. The van der Waals surface area contributed by atoms with E-state index in [0.717, 1.165) is 0 Å². The van der Waals surface area contributed by atoms with Crippen molar-refractivity contribution < 1.29 is 20.3 Å². The van der Waals surface area contributed by atoms with Crippen molar-refractivity contribution in [3.05, 3.63) is 12.8 Å². The molecule has 0 rings (SSSR count). The highest BCUT2D eigenvalue weighted by Crippen LogP contribution is 1.82. The normalized spacial score (nSPS) is 12.5. The minimum absolute atomic E-state index is 0.323. The first-order valence-electron chi connectivity index (χ1n) is 3.58. The van der Waals surface area contributed by atoms with E-state index in [9.17, 15) is 0 Å². The Bertz CT molecular complexity index is 97.7. The van der Waals surface area contributed by atoms with E-state index in [4.69, 9.17) is 14.6 Å². The molecule has 0 spiro atoms. The molecule has 0 aromatic carbocycles. The van der Waals surface area contributed by atoms with Crippen molar-refractivity contribution in [2.75, 3.05) is 26.4 Å². The lowest BCUT2D eigenvalue weighted by Crippen LogP contribution is -2.56. The lowest BCUT2D eigenvalue weighted by molar-refractivity contribution is -0.385. The molecule has 0 fully saturated rings. The van der Waals surface area contributed by atoms with Crippen molar-refractivity contribution in [2.45, 2.75) is 6.10 Å². The fourth-order valence-corrected chi connectivity index (χ4v) is 0.493. The van der Waals surface area contributed by atoms with Crippen molar-refractivity contribution in [3.63, 3.8) is 0 Å². The molecule has 0 unspecified atom stereocenters. The van der Waals surface area contributed by atoms with Gasteiger partial charge in [0.25, 0.3) is 0 Å². The van der Waals surface area contributed by atoms with Crippen LogP contribution in [0.4, 0.5) is 0 Å². The molecule has 4 N–H and O–H groups in total. The molecule has 0 bridgehead atoms. The molecular weight excluding hydrogens is 146 g/mol. The quantitative estimate of drug-likeness (QED) is 0.364. The largest absolute Gasteiger partial charge is 0.499 e. The lowest BCUT2D eigenvalue weighted by Gasteiger charge is -2.06. The highest BCUT2D eigenvalue weighted by molar-refractivity contribution is 4.50. The average Bonchev–Trinajstić information content (AvgIpc) is 2.04. The third kappa shape index (κ3) is 7.32. The minimum atomic E-state index is -0.460. The van der Waals surface area contributed by atoms with E-state index in [1.54, 1.807) is 0 Å². The summed E-state index contributed by atoms with van der Waals surface area (Å²) in [7, 11) is 0. The van der Waals surface area contributed by atoms with Gasteiger partial charge in [-0.1, -0.05) is 6.58 Å². The molecule has 0 aromatic heterocycles. The van der Waals surface area contributed by atoms with Gasteiger partial charge in [-0.2, -0.15) is 0 Å². The van der Waals surface area contributed by atoms with Gasteiger partial charge < -0.3 is 20.3 Å². The smallest absolute Gasteiger partial charge is 0.126 e. The van der Waals surface area contributed by atoms with Crippen LogP contribution in [0.3, 0.4) is 0 Å². The van der Waals surface area contributed by atoms with E-state index in [0.29, 0.717) is 26.4 Å². The van der Waals surface area contributed by atoms with Crippen molar-refractivity contribution in [2.24, 2.45) is 0 Å². The Labute approximate surface area is 66.6 Å². The summed E-state index contributed by atoms with van der Waals surface area (Å²) in [4.78, 5) is 0. The van der Waals surface area contributed by atoms with Crippen LogP contribution < -0.4 is 5.73 Å². The highest BCUT2D eigenvalue weighted by atomic mass is 16.5. The first kappa shape index (κ1) is 10.4. The molecule has 11 heavy (non-hydrogen) atoms. The summed E-state index contributed by atoms with van der Waals surface area (Å²) in [5.41, 5.74) is 3.52. The predicted octanol–water partition coefficient (Wildman–Crippen LogP) is -1.23. The fraction of sp³-hybridized carbons (Fsp3) is 0.714. The van der Waals surface area contributed by atoms with Crippen LogP contribution in [-0.2, 0) is 9.47 Å². The van der Waals surface area contributed by atoms with E-state index < -0.39 is 6.10 Å². The summed E-state index contributed by atoms with van der Waals surface area (Å²) in [6.45, 7) is 5.13. The van der Waals surface area contributed by atoms with Gasteiger partial charge in [0.1, 0.15) is 19.3 Å². The highest BCUT2D eigenvalue weighted by Gasteiger charge is 2.01. The van der Waals surface area contributed by atoms with Crippen LogP contribution in [-0.4, -0.2) is 37.6 Å². The summed E-state index contributed by atoms with van der Waals surface area (Å²) in [6, 6.07) is 0. The third-order valence-electron chi connectivity index (χ3n) is 1.11. The van der Waals surface area contributed by atoms with Crippen LogP contribution in [0.25, 0.3) is 0 Å². The molecular formula is C7H16NO3+. The Kier molecular flexibility index (Phi) is 7.13. The second-order valence-corrected chi connectivity index (χ2v) is 2.05. The first-order valence-corrected chi connectivity index (χ1v) is 3.58. The van der Waals surface area contributed by atoms with Crippen LogP contribution in [0.15, 0.2) is 12.8 Å². The summed E-state index contributed by atoms with van der Waals surface area (Å²) in [5, 5.41) is 8.97. The molecule has 0 aromatic rings. The van der Waals surface area contributed by atoms with Crippen molar-refractivity contribution >= 4 is 0 Å². The Hall–Kier alpha value is -0.580. The second kappa shape index (κ2) is 7.53. The SMILES string of the molecule is C=COCCOC[C@@H](O)C[NH3+]. The third-order valence-corrected chi connectivity index (χ3v) is 1.11. The molecule has 66 valence electrons. The van der Waals surface area contributed by atoms with Gasteiger partial charge in [0.2, 0.25) is 0 Å². The molecule has 0 aliphatic heterocycles. The zero-order valence-corrected chi connectivity index (χ0v) is 6.66. The maximum Gasteiger partial charge on any atom is 0.126 e. The molecule has 1 atom stereocenters. The van der Waals surface area contributed by atoms with Crippen LogP contribution >= 0.6 is 0 Å². The van der Waals surface area contributed by atoms with E-state index >= 15 is 0 Å². The summed E-state index contributed by atoms with van der Waals surface area (Å²) in [5.74, 6) is 0. The second-order valence-electron chi connectivity index (χ2n) is 2.05. The van der Waals surface area contributed by atoms with Crippen LogP contribution in [0.5, 0.6) is 0 Å². The molecule has 0 heterocycles. The van der Waals surface area contributed by atoms with E-state index in [2.05, 4.69) is 12.3 Å². The number of aliphatic hydroxyl groups excluding tert-OH is 1. The monoisotopic (exact) mass is 162 g/mol. The summed E-state index contributed by atoms with van der Waals surface area (Å²) >= 11 is 0. The molecule has 4 nitrogen and oxygen atoms in total. The topological polar surface area (TPSA) is 66.3 Å². The zero-order chi connectivity index (χ0) is 8.53. The molecule has 4 heteroatoms. The van der Waals surface area contributed by atoms with E-state index in [1.165, 1.54) is 6.26 Å². The predicted molar refractivity (Wildman–Crippen MR) is 40.7 cm³/mol. The minimum Gasteiger partial charge on any atom is -0.499 e. The number of quaternary nitrogens is 1. The molecule has 0 saturated carbocycles. The molecule has 0 radical (unpaired) electrons. The Morgan fingerprint density at radius 1 is 1.55 bits per heavy atom. The maximum atomic E-state index is 8.97. The summed E-state index contributed by atoms with van der Waals surface area (Å²) in [6.07, 6.45) is 0.903. The van der Waals surface area contributed by atoms with E-state index in [-0.39, 0.29) is 0 Å². The van der Waals surface area contributed by atoms with Gasteiger partial charge >= 0.3 is 0 Å². The van der Waals surface area contributed by atoms with Gasteiger partial charge in [-0.3, -0.25) is 0 Å². The standard InChI is InChI=1S/C7H15NO3/c1-2-10-3-4-11-6-7(9)5-8/h2,7,9H,1,3-6,8H2/p+1/t7-/m0/s1.